The number of carbonyl (C=O) groups excluding carboxylic acids is 1. The number of thiophene rings is 1. The van der Waals surface area contributed by atoms with E-state index < -0.39 is 0 Å². The first-order valence-electron chi connectivity index (χ1n) is 4.64. The average molecular weight is 360 g/mol. The molecule has 0 radical (unpaired) electrons. The zero-order valence-electron chi connectivity index (χ0n) is 8.46. The summed E-state index contributed by atoms with van der Waals surface area (Å²) in [7, 11) is 0. The van der Waals surface area contributed by atoms with Crippen LogP contribution in [0.25, 0.3) is 0 Å². The first-order chi connectivity index (χ1) is 7.58. The molecule has 0 spiro atoms. The van der Waals surface area contributed by atoms with Gasteiger partial charge in [0.25, 0.3) is 0 Å². The number of halogens is 2. The van der Waals surface area contributed by atoms with E-state index in [0.29, 0.717) is 5.56 Å². The molecule has 1 aromatic carbocycles. The standard InChI is InChI=1S/C12H8Br2OS/c1-7-2-3-8(6-9(7)13)12(15)10-4-5-11(14)16-10/h2-6H,1H3. The van der Waals surface area contributed by atoms with Crippen molar-refractivity contribution >= 4 is 49.0 Å². The topological polar surface area (TPSA) is 17.1 Å². The van der Waals surface area contributed by atoms with Crippen LogP contribution in [0, 0.1) is 6.92 Å². The van der Waals surface area contributed by atoms with Crippen molar-refractivity contribution in [1.29, 1.82) is 0 Å². The third-order valence-electron chi connectivity index (χ3n) is 2.23. The van der Waals surface area contributed by atoms with E-state index in [2.05, 4.69) is 31.9 Å². The molecule has 0 aliphatic rings. The summed E-state index contributed by atoms with van der Waals surface area (Å²) >= 11 is 8.24. The molecule has 0 N–H and O–H groups in total. The predicted molar refractivity (Wildman–Crippen MR) is 74.3 cm³/mol. The minimum Gasteiger partial charge on any atom is -0.288 e. The summed E-state index contributed by atoms with van der Waals surface area (Å²) in [5.41, 5.74) is 1.84. The molecule has 2 aromatic rings. The molecule has 0 fully saturated rings. The van der Waals surface area contributed by atoms with Gasteiger partial charge in [0.1, 0.15) is 0 Å². The maximum Gasteiger partial charge on any atom is 0.203 e. The zero-order chi connectivity index (χ0) is 11.7. The van der Waals surface area contributed by atoms with Crippen molar-refractivity contribution in [2.24, 2.45) is 0 Å². The molecule has 1 heterocycles. The number of carbonyl (C=O) groups is 1. The summed E-state index contributed by atoms with van der Waals surface area (Å²) in [6.45, 7) is 2.00. The molecule has 0 bridgehead atoms. The number of hydrogen-bond acceptors (Lipinski definition) is 2. The van der Waals surface area contributed by atoms with Gasteiger partial charge in [-0.2, -0.15) is 0 Å². The predicted octanol–water partition coefficient (Wildman–Crippen LogP) is 4.81. The van der Waals surface area contributed by atoms with Crippen LogP contribution in [-0.4, -0.2) is 5.78 Å². The molecule has 0 atom stereocenters. The van der Waals surface area contributed by atoms with Crippen LogP contribution in [-0.2, 0) is 0 Å². The highest BCUT2D eigenvalue weighted by Crippen LogP contribution is 2.26. The summed E-state index contributed by atoms with van der Waals surface area (Å²) in [6.07, 6.45) is 0. The fraction of sp³-hybridized carbons (Fsp3) is 0.0833. The van der Waals surface area contributed by atoms with Crippen LogP contribution in [0.1, 0.15) is 20.8 Å². The van der Waals surface area contributed by atoms with E-state index in [1.54, 1.807) is 0 Å². The second-order valence-electron chi connectivity index (χ2n) is 3.40. The van der Waals surface area contributed by atoms with Crippen molar-refractivity contribution in [3.05, 3.63) is 54.6 Å². The lowest BCUT2D eigenvalue weighted by molar-refractivity contribution is 0.104. The van der Waals surface area contributed by atoms with Crippen LogP contribution < -0.4 is 0 Å². The Balaban J connectivity index is 2.38. The molecule has 4 heteroatoms. The average Bonchev–Trinajstić information content (AvgIpc) is 2.68. The van der Waals surface area contributed by atoms with Gasteiger partial charge in [-0.25, -0.2) is 0 Å². The van der Waals surface area contributed by atoms with Crippen LogP contribution in [0.5, 0.6) is 0 Å². The third kappa shape index (κ3) is 2.44. The van der Waals surface area contributed by atoms with Crippen molar-refractivity contribution in [1.82, 2.24) is 0 Å². The van der Waals surface area contributed by atoms with Gasteiger partial charge in [-0.05, 0) is 46.6 Å². The molecule has 82 valence electrons. The summed E-state index contributed by atoms with van der Waals surface area (Å²) in [5.74, 6) is 0.0661. The Morgan fingerprint density at radius 3 is 2.50 bits per heavy atom. The normalized spacial score (nSPS) is 10.4. The highest BCUT2D eigenvalue weighted by atomic mass is 79.9. The van der Waals surface area contributed by atoms with Crippen molar-refractivity contribution in [3.8, 4) is 0 Å². The molecule has 1 nitrogen and oxygen atoms in total. The lowest BCUT2D eigenvalue weighted by Crippen LogP contribution is -1.98. The van der Waals surface area contributed by atoms with Crippen LogP contribution in [0.4, 0.5) is 0 Å². The Kier molecular flexibility index (Phi) is 3.62. The van der Waals surface area contributed by atoms with Crippen molar-refractivity contribution in [2.75, 3.05) is 0 Å². The smallest absolute Gasteiger partial charge is 0.203 e. The first-order valence-corrected chi connectivity index (χ1v) is 7.04. The minimum atomic E-state index is 0.0661. The van der Waals surface area contributed by atoms with Crippen LogP contribution in [0.3, 0.4) is 0 Å². The van der Waals surface area contributed by atoms with E-state index in [4.69, 9.17) is 0 Å². The van der Waals surface area contributed by atoms with E-state index in [1.165, 1.54) is 11.3 Å². The van der Waals surface area contributed by atoms with Gasteiger partial charge >= 0.3 is 0 Å². The number of hydrogen-bond donors (Lipinski definition) is 0. The highest BCUT2D eigenvalue weighted by Gasteiger charge is 2.12. The molecule has 0 saturated carbocycles. The van der Waals surface area contributed by atoms with Crippen molar-refractivity contribution in [3.63, 3.8) is 0 Å². The monoisotopic (exact) mass is 358 g/mol. The number of rotatable bonds is 2. The lowest BCUT2D eigenvalue weighted by Gasteiger charge is -2.01. The third-order valence-corrected chi connectivity index (χ3v) is 4.71. The van der Waals surface area contributed by atoms with Crippen molar-refractivity contribution < 1.29 is 4.79 Å². The van der Waals surface area contributed by atoms with Gasteiger partial charge < -0.3 is 0 Å². The first kappa shape index (κ1) is 12.0. The highest BCUT2D eigenvalue weighted by molar-refractivity contribution is 9.11. The number of aryl methyl sites for hydroxylation is 1. The van der Waals surface area contributed by atoms with E-state index in [0.717, 1.165) is 18.7 Å². The molecule has 0 amide bonds. The Bertz CT molecular complexity index is 546. The largest absolute Gasteiger partial charge is 0.288 e. The quantitative estimate of drug-likeness (QED) is 0.703. The zero-order valence-corrected chi connectivity index (χ0v) is 12.4. The van der Waals surface area contributed by atoms with Crippen molar-refractivity contribution in [2.45, 2.75) is 6.92 Å². The van der Waals surface area contributed by atoms with Gasteiger partial charge in [-0.3, -0.25) is 4.79 Å². The van der Waals surface area contributed by atoms with E-state index >= 15 is 0 Å². The van der Waals surface area contributed by atoms with E-state index in [1.807, 2.05) is 37.3 Å². The fourth-order valence-corrected chi connectivity index (χ4v) is 3.04. The van der Waals surface area contributed by atoms with E-state index in [-0.39, 0.29) is 5.78 Å². The molecule has 1 aromatic heterocycles. The van der Waals surface area contributed by atoms with Crippen LogP contribution in [0.2, 0.25) is 0 Å². The number of ketones is 1. The Hall–Kier alpha value is -0.450. The maximum absolute atomic E-state index is 12.1. The van der Waals surface area contributed by atoms with Gasteiger partial charge in [0, 0.05) is 10.0 Å². The van der Waals surface area contributed by atoms with Gasteiger partial charge in [0.2, 0.25) is 5.78 Å². The van der Waals surface area contributed by atoms with Gasteiger partial charge in [0.05, 0.1) is 8.66 Å². The van der Waals surface area contributed by atoms with E-state index in [9.17, 15) is 4.79 Å². The summed E-state index contributed by atoms with van der Waals surface area (Å²) in [4.78, 5) is 12.8. The fourth-order valence-electron chi connectivity index (χ4n) is 1.31. The van der Waals surface area contributed by atoms with Gasteiger partial charge in [-0.1, -0.05) is 28.1 Å². The Morgan fingerprint density at radius 1 is 1.19 bits per heavy atom. The summed E-state index contributed by atoms with van der Waals surface area (Å²) < 4.78 is 1.94. The second kappa shape index (κ2) is 4.82. The summed E-state index contributed by atoms with van der Waals surface area (Å²) in [5, 5.41) is 0. The molecular weight excluding hydrogens is 352 g/mol. The minimum absolute atomic E-state index is 0.0661. The van der Waals surface area contributed by atoms with Crippen LogP contribution >= 0.6 is 43.2 Å². The molecule has 0 aliphatic heterocycles. The van der Waals surface area contributed by atoms with Crippen LogP contribution in [0.15, 0.2) is 38.6 Å². The molecule has 2 rings (SSSR count). The SMILES string of the molecule is Cc1ccc(C(=O)c2ccc(Br)s2)cc1Br. The number of benzene rings is 1. The maximum atomic E-state index is 12.1. The van der Waals surface area contributed by atoms with Gasteiger partial charge in [0.15, 0.2) is 0 Å². The summed E-state index contributed by atoms with van der Waals surface area (Å²) in [6, 6.07) is 9.40. The molecule has 0 unspecified atom stereocenters. The second-order valence-corrected chi connectivity index (χ2v) is 6.71. The lowest BCUT2D eigenvalue weighted by atomic mass is 10.1. The Morgan fingerprint density at radius 2 is 1.94 bits per heavy atom. The molecule has 16 heavy (non-hydrogen) atoms. The Labute approximate surface area is 115 Å². The molecular formula is C12H8Br2OS. The molecule has 0 saturated heterocycles. The van der Waals surface area contributed by atoms with Gasteiger partial charge in [-0.15, -0.1) is 11.3 Å². The molecule has 0 aliphatic carbocycles.